The third-order valence-electron chi connectivity index (χ3n) is 14.4. The van der Waals surface area contributed by atoms with Crippen LogP contribution in [0.1, 0.15) is 101 Å². The highest BCUT2D eigenvalue weighted by atomic mass is 16.7. The van der Waals surface area contributed by atoms with E-state index in [1.54, 1.807) is 0 Å². The summed E-state index contributed by atoms with van der Waals surface area (Å²) in [4.78, 5) is 4.83. The van der Waals surface area contributed by atoms with Gasteiger partial charge in [-0.3, -0.25) is 0 Å². The molecule has 0 unspecified atom stereocenters. The molecule has 2 atom stereocenters. The topological polar surface area (TPSA) is 43.4 Å². The lowest BCUT2D eigenvalue weighted by molar-refractivity contribution is 0.00578. The van der Waals surface area contributed by atoms with Crippen LogP contribution >= 0.6 is 0 Å². The van der Waals surface area contributed by atoms with Gasteiger partial charge in [0.15, 0.2) is 0 Å². The molecular weight excluding hydrogens is 738 g/mol. The van der Waals surface area contributed by atoms with Crippen molar-refractivity contribution >= 4 is 46.7 Å². The minimum atomic E-state index is -0.321. The molecule has 0 bridgehead atoms. The molecule has 6 aromatic carbocycles. The van der Waals surface area contributed by atoms with Gasteiger partial charge in [-0.15, -0.1) is 0 Å². The summed E-state index contributed by atoms with van der Waals surface area (Å²) in [6, 6.07) is 44.5. The molecule has 0 aliphatic carbocycles. The fraction of sp³-hybridized carbons (Fsp3) is 0.385. The number of benzene rings is 6. The first-order valence-corrected chi connectivity index (χ1v) is 21.8. The van der Waals surface area contributed by atoms with Gasteiger partial charge in [0, 0.05) is 38.0 Å². The van der Waals surface area contributed by atoms with E-state index in [0.717, 1.165) is 37.1 Å². The number of nitrogens with zero attached hydrogens (tertiary/aromatic N) is 2. The van der Waals surface area contributed by atoms with Crippen LogP contribution in [0.5, 0.6) is 0 Å². The average Bonchev–Trinajstić information content (AvgIpc) is 3.58. The van der Waals surface area contributed by atoms with Crippen LogP contribution in [0.3, 0.4) is 0 Å². The molecule has 0 radical (unpaired) electrons. The summed E-state index contributed by atoms with van der Waals surface area (Å²) in [6.07, 6.45) is 0. The van der Waals surface area contributed by atoms with E-state index < -0.39 is 0 Å². The maximum Gasteiger partial charge on any atom is 0.494 e. The highest BCUT2D eigenvalue weighted by molar-refractivity contribution is 6.62. The Labute approximate surface area is 358 Å². The predicted octanol–water partition coefficient (Wildman–Crippen LogP) is 9.43. The Morgan fingerprint density at radius 2 is 0.783 bits per heavy atom. The Balaban J connectivity index is 0.000000154. The second-order valence-electron chi connectivity index (χ2n) is 19.8. The maximum atomic E-state index is 6.29. The molecule has 8 heteroatoms. The normalized spacial score (nSPS) is 23.0. The lowest BCUT2D eigenvalue weighted by atomic mass is 9.75. The smallest absolute Gasteiger partial charge is 0.399 e. The molecule has 0 saturated carbocycles. The third-order valence-corrected chi connectivity index (χ3v) is 14.4. The van der Waals surface area contributed by atoms with Crippen LogP contribution in [0.25, 0.3) is 21.5 Å². The number of hydrogen-bond donors (Lipinski definition) is 0. The van der Waals surface area contributed by atoms with Gasteiger partial charge in [-0.1, -0.05) is 121 Å². The molecule has 0 spiro atoms. The van der Waals surface area contributed by atoms with Gasteiger partial charge >= 0.3 is 14.2 Å². The first kappa shape index (κ1) is 41.1. The zero-order valence-electron chi connectivity index (χ0n) is 37.2. The molecule has 308 valence electrons. The molecule has 4 aliphatic rings. The molecule has 4 aliphatic heterocycles. The van der Waals surface area contributed by atoms with Gasteiger partial charge in [0.1, 0.15) is 0 Å². The van der Waals surface area contributed by atoms with Crippen LogP contribution in [0.15, 0.2) is 121 Å². The first-order chi connectivity index (χ1) is 28.5. The molecule has 0 aromatic heterocycles. The third kappa shape index (κ3) is 7.65. The Morgan fingerprint density at radius 1 is 0.433 bits per heavy atom. The SMILES string of the molecule is CN1Cc2cc(B3OC(C)(C)C(C)(C)O3)ccc2[C@H](c2ccc3ccccc3c2)C1.CN1Cc2cc(B3OC(C)(C)C(C)(C)O3)ccc2[C@H](c2ccc3ccccc3c2)C1. The quantitative estimate of drug-likeness (QED) is 0.166. The Hall–Kier alpha value is -4.27. The van der Waals surface area contributed by atoms with Gasteiger partial charge in [0.2, 0.25) is 0 Å². The van der Waals surface area contributed by atoms with Crippen LogP contribution < -0.4 is 10.9 Å². The summed E-state index contributed by atoms with van der Waals surface area (Å²) in [7, 11) is 3.79. The van der Waals surface area contributed by atoms with Crippen LogP contribution in [0, 0.1) is 0 Å². The molecule has 6 nitrogen and oxygen atoms in total. The Morgan fingerprint density at radius 3 is 1.15 bits per heavy atom. The molecule has 60 heavy (non-hydrogen) atoms. The van der Waals surface area contributed by atoms with Gasteiger partial charge in [-0.2, -0.15) is 0 Å². The van der Waals surface area contributed by atoms with E-state index in [9.17, 15) is 0 Å². The minimum Gasteiger partial charge on any atom is -0.399 e. The van der Waals surface area contributed by atoms with Crippen molar-refractivity contribution in [1.82, 2.24) is 9.80 Å². The summed E-state index contributed by atoms with van der Waals surface area (Å²) >= 11 is 0. The summed E-state index contributed by atoms with van der Waals surface area (Å²) < 4.78 is 25.2. The number of fused-ring (bicyclic) bond motifs is 4. The fourth-order valence-electron chi connectivity index (χ4n) is 9.41. The van der Waals surface area contributed by atoms with Gasteiger partial charge in [-0.05, 0) is 135 Å². The summed E-state index contributed by atoms with van der Waals surface area (Å²) in [5, 5.41) is 5.20. The van der Waals surface area contributed by atoms with Gasteiger partial charge in [0.25, 0.3) is 0 Å². The molecule has 2 fully saturated rings. The Bertz CT molecular complexity index is 2360. The molecule has 10 rings (SSSR count). The van der Waals surface area contributed by atoms with Gasteiger partial charge in [-0.25, -0.2) is 0 Å². The predicted molar refractivity (Wildman–Crippen MR) is 249 cm³/mol. The molecule has 6 aromatic rings. The van der Waals surface area contributed by atoms with Crippen molar-refractivity contribution in [3.05, 3.63) is 155 Å². The molecule has 4 heterocycles. The van der Waals surface area contributed by atoms with Crippen LogP contribution in [-0.2, 0) is 31.7 Å². The van der Waals surface area contributed by atoms with E-state index in [4.69, 9.17) is 18.6 Å². The van der Waals surface area contributed by atoms with Crippen molar-refractivity contribution in [3.63, 3.8) is 0 Å². The van der Waals surface area contributed by atoms with E-state index >= 15 is 0 Å². The van der Waals surface area contributed by atoms with E-state index in [1.165, 1.54) is 54.9 Å². The van der Waals surface area contributed by atoms with Crippen molar-refractivity contribution in [2.24, 2.45) is 0 Å². The zero-order valence-corrected chi connectivity index (χ0v) is 37.2. The molecule has 0 N–H and O–H groups in total. The van der Waals surface area contributed by atoms with Crippen LogP contribution in [0.2, 0.25) is 0 Å². The lowest BCUT2D eigenvalue weighted by Crippen LogP contribution is -2.41. The molecule has 2 saturated heterocycles. The highest BCUT2D eigenvalue weighted by Crippen LogP contribution is 2.40. The summed E-state index contributed by atoms with van der Waals surface area (Å²) in [6.45, 7) is 20.8. The number of rotatable bonds is 4. The zero-order chi connectivity index (χ0) is 42.2. The first-order valence-electron chi connectivity index (χ1n) is 21.8. The molecule has 0 amide bonds. The number of hydrogen-bond acceptors (Lipinski definition) is 6. The van der Waals surface area contributed by atoms with E-state index in [0.29, 0.717) is 11.8 Å². The second-order valence-corrected chi connectivity index (χ2v) is 19.8. The standard InChI is InChI=1S/2C26H30BNO2/c2*1-25(2)26(3,4)30-27(29-25)22-12-13-23-21(15-22)16-28(5)17-24(23)20-11-10-18-8-6-7-9-19(18)14-20/h2*6-15,24H,16-17H2,1-5H3/t2*24-/m00/s1. The largest absolute Gasteiger partial charge is 0.494 e. The van der Waals surface area contributed by atoms with Crippen molar-refractivity contribution < 1.29 is 18.6 Å². The number of likely N-dealkylation sites (N-methyl/N-ethyl adjacent to an activating group) is 2. The average molecular weight is 799 g/mol. The van der Waals surface area contributed by atoms with E-state index in [-0.39, 0.29) is 36.6 Å². The van der Waals surface area contributed by atoms with Crippen molar-refractivity contribution in [2.45, 2.75) is 103 Å². The van der Waals surface area contributed by atoms with Crippen molar-refractivity contribution in [3.8, 4) is 0 Å². The second kappa shape index (κ2) is 15.3. The monoisotopic (exact) mass is 798 g/mol. The fourth-order valence-corrected chi connectivity index (χ4v) is 9.41. The van der Waals surface area contributed by atoms with Crippen molar-refractivity contribution in [1.29, 1.82) is 0 Å². The van der Waals surface area contributed by atoms with E-state index in [2.05, 4.69) is 201 Å². The highest BCUT2D eigenvalue weighted by Gasteiger charge is 2.53. The van der Waals surface area contributed by atoms with E-state index in [1.807, 2.05) is 0 Å². The van der Waals surface area contributed by atoms with Gasteiger partial charge in [0.05, 0.1) is 22.4 Å². The minimum absolute atomic E-state index is 0.313. The Kier molecular flexibility index (Phi) is 10.5. The van der Waals surface area contributed by atoms with Crippen molar-refractivity contribution in [2.75, 3.05) is 27.2 Å². The molecular formula is C52H60B2N2O4. The van der Waals surface area contributed by atoms with Crippen LogP contribution in [-0.4, -0.2) is 73.6 Å². The summed E-state index contributed by atoms with van der Waals surface area (Å²) in [5.74, 6) is 0.742. The lowest BCUT2D eigenvalue weighted by Gasteiger charge is -2.33. The van der Waals surface area contributed by atoms with Crippen LogP contribution in [0.4, 0.5) is 0 Å². The maximum absolute atomic E-state index is 6.29. The van der Waals surface area contributed by atoms with Gasteiger partial charge < -0.3 is 28.4 Å². The summed E-state index contributed by atoms with van der Waals surface area (Å²) in [5.41, 5.74) is 9.27.